The quantitative estimate of drug-likeness (QED) is 0.769. The molecule has 1 aliphatic rings. The van der Waals surface area contributed by atoms with Crippen LogP contribution in [0.3, 0.4) is 0 Å². The summed E-state index contributed by atoms with van der Waals surface area (Å²) in [4.78, 5) is 35.4. The van der Waals surface area contributed by atoms with Crippen LogP contribution in [0, 0.1) is 5.82 Å². The van der Waals surface area contributed by atoms with Gasteiger partial charge in [-0.2, -0.15) is 0 Å². The number of benzene rings is 1. The SMILES string of the molecule is O=C(O)CCCNC(=O)c1cn(C2CC2)c2cc(Cl)c(F)cc2c1=O. The molecule has 3 rings (SSSR count). The van der Waals surface area contributed by atoms with Crippen molar-refractivity contribution in [3.8, 4) is 0 Å². The summed E-state index contributed by atoms with van der Waals surface area (Å²) >= 11 is 5.83. The lowest BCUT2D eigenvalue weighted by atomic mass is 10.1. The van der Waals surface area contributed by atoms with Crippen LogP contribution in [0.15, 0.2) is 23.1 Å². The van der Waals surface area contributed by atoms with Crippen LogP contribution >= 0.6 is 11.6 Å². The number of hydrogen-bond acceptors (Lipinski definition) is 3. The van der Waals surface area contributed by atoms with Crippen LogP contribution in [0.5, 0.6) is 0 Å². The second-order valence-electron chi connectivity index (χ2n) is 6.05. The number of fused-ring (bicyclic) bond motifs is 1. The van der Waals surface area contributed by atoms with Crippen molar-refractivity contribution in [2.45, 2.75) is 31.7 Å². The molecule has 6 nitrogen and oxygen atoms in total. The number of pyridine rings is 1. The Morgan fingerprint density at radius 3 is 2.72 bits per heavy atom. The Labute approximate surface area is 147 Å². The number of nitrogens with zero attached hydrogens (tertiary/aromatic N) is 1. The summed E-state index contributed by atoms with van der Waals surface area (Å²) in [5.74, 6) is -2.27. The van der Waals surface area contributed by atoms with Crippen LogP contribution in [-0.2, 0) is 4.79 Å². The van der Waals surface area contributed by atoms with Gasteiger partial charge in [0.2, 0.25) is 5.43 Å². The summed E-state index contributed by atoms with van der Waals surface area (Å²) < 4.78 is 15.6. The third-order valence-corrected chi connectivity index (χ3v) is 4.40. The Hall–Kier alpha value is -2.41. The molecule has 2 aromatic rings. The summed E-state index contributed by atoms with van der Waals surface area (Å²) in [6.45, 7) is 0.140. The molecule has 0 unspecified atom stereocenters. The first-order valence-electron chi connectivity index (χ1n) is 7.92. The molecule has 1 aromatic heterocycles. The fourth-order valence-corrected chi connectivity index (χ4v) is 2.86. The van der Waals surface area contributed by atoms with Crippen LogP contribution in [0.1, 0.15) is 42.1 Å². The molecule has 1 fully saturated rings. The number of rotatable bonds is 6. The van der Waals surface area contributed by atoms with E-state index in [-0.39, 0.29) is 41.4 Å². The molecule has 0 aliphatic heterocycles. The summed E-state index contributed by atoms with van der Waals surface area (Å²) in [5, 5.41) is 11.2. The van der Waals surface area contributed by atoms with E-state index in [9.17, 15) is 18.8 Å². The zero-order chi connectivity index (χ0) is 18.1. The topological polar surface area (TPSA) is 88.4 Å². The van der Waals surface area contributed by atoms with Crippen molar-refractivity contribution in [3.63, 3.8) is 0 Å². The molecule has 1 amide bonds. The van der Waals surface area contributed by atoms with Crippen molar-refractivity contribution < 1.29 is 19.1 Å². The van der Waals surface area contributed by atoms with Crippen molar-refractivity contribution in [3.05, 3.63) is 45.0 Å². The number of aromatic nitrogens is 1. The summed E-state index contributed by atoms with van der Waals surface area (Å²) in [5.41, 5.74) is -0.157. The van der Waals surface area contributed by atoms with Crippen LogP contribution in [0.2, 0.25) is 5.02 Å². The van der Waals surface area contributed by atoms with Crippen molar-refractivity contribution >= 4 is 34.4 Å². The zero-order valence-electron chi connectivity index (χ0n) is 13.2. The Morgan fingerprint density at radius 2 is 2.08 bits per heavy atom. The van der Waals surface area contributed by atoms with Crippen molar-refractivity contribution in [2.24, 2.45) is 0 Å². The molecule has 0 saturated heterocycles. The number of amides is 1. The Bertz CT molecular complexity index is 921. The maximum atomic E-state index is 13.8. The second-order valence-corrected chi connectivity index (χ2v) is 6.45. The smallest absolute Gasteiger partial charge is 0.303 e. The van der Waals surface area contributed by atoms with Gasteiger partial charge in [0.05, 0.1) is 10.5 Å². The van der Waals surface area contributed by atoms with Crippen molar-refractivity contribution in [2.75, 3.05) is 6.54 Å². The monoisotopic (exact) mass is 366 g/mol. The van der Waals surface area contributed by atoms with E-state index in [2.05, 4.69) is 5.32 Å². The van der Waals surface area contributed by atoms with Gasteiger partial charge in [0.1, 0.15) is 11.4 Å². The van der Waals surface area contributed by atoms with E-state index in [4.69, 9.17) is 16.7 Å². The van der Waals surface area contributed by atoms with E-state index in [1.807, 2.05) is 0 Å². The van der Waals surface area contributed by atoms with Crippen LogP contribution in [-0.4, -0.2) is 28.1 Å². The summed E-state index contributed by atoms with van der Waals surface area (Å²) in [6.07, 6.45) is 3.48. The van der Waals surface area contributed by atoms with E-state index in [1.54, 1.807) is 4.57 Å². The minimum absolute atomic E-state index is 0.0754. The minimum atomic E-state index is -0.955. The van der Waals surface area contributed by atoms with E-state index < -0.39 is 23.1 Å². The standard InChI is InChI=1S/C17H16ClFN2O4/c18-12-7-14-10(6-13(12)19)16(24)11(8-21(14)9-3-4-9)17(25)20-5-1-2-15(22)23/h6-9H,1-5H2,(H,20,25)(H,22,23). The minimum Gasteiger partial charge on any atom is -0.481 e. The van der Waals surface area contributed by atoms with Crippen LogP contribution < -0.4 is 10.7 Å². The lowest BCUT2D eigenvalue weighted by molar-refractivity contribution is -0.137. The number of carboxylic acids is 1. The highest BCUT2D eigenvalue weighted by molar-refractivity contribution is 6.31. The largest absolute Gasteiger partial charge is 0.481 e. The predicted molar refractivity (Wildman–Crippen MR) is 90.7 cm³/mol. The van der Waals surface area contributed by atoms with E-state index >= 15 is 0 Å². The molecule has 0 atom stereocenters. The summed E-state index contributed by atoms with van der Waals surface area (Å²) in [6, 6.07) is 2.61. The predicted octanol–water partition coefficient (Wildman–Crippen LogP) is 2.72. The van der Waals surface area contributed by atoms with E-state index in [1.165, 1.54) is 12.3 Å². The fourth-order valence-electron chi connectivity index (χ4n) is 2.70. The maximum absolute atomic E-state index is 13.8. The van der Waals surface area contributed by atoms with Gasteiger partial charge in [0.25, 0.3) is 5.91 Å². The van der Waals surface area contributed by atoms with Gasteiger partial charge in [-0.3, -0.25) is 14.4 Å². The zero-order valence-corrected chi connectivity index (χ0v) is 14.0. The van der Waals surface area contributed by atoms with Gasteiger partial charge in [0.15, 0.2) is 0 Å². The molecule has 1 aromatic carbocycles. The first kappa shape index (κ1) is 17.4. The number of aliphatic carboxylic acids is 1. The first-order chi connectivity index (χ1) is 11.9. The van der Waals surface area contributed by atoms with Crippen LogP contribution in [0.4, 0.5) is 4.39 Å². The van der Waals surface area contributed by atoms with Gasteiger partial charge in [-0.1, -0.05) is 11.6 Å². The highest BCUT2D eigenvalue weighted by atomic mass is 35.5. The Kier molecular flexibility index (Phi) is 4.76. The van der Waals surface area contributed by atoms with Gasteiger partial charge in [-0.25, -0.2) is 4.39 Å². The molecule has 1 aliphatic carbocycles. The molecule has 0 radical (unpaired) electrons. The van der Waals surface area contributed by atoms with Crippen molar-refractivity contribution in [1.82, 2.24) is 9.88 Å². The normalized spacial score (nSPS) is 13.8. The van der Waals surface area contributed by atoms with Gasteiger partial charge < -0.3 is 15.0 Å². The van der Waals surface area contributed by atoms with Gasteiger partial charge >= 0.3 is 5.97 Å². The highest BCUT2D eigenvalue weighted by Crippen LogP contribution is 2.37. The lowest BCUT2D eigenvalue weighted by Crippen LogP contribution is -2.30. The second kappa shape index (κ2) is 6.84. The van der Waals surface area contributed by atoms with E-state index in [0.29, 0.717) is 5.52 Å². The number of carbonyl (C=O) groups excluding carboxylic acids is 1. The highest BCUT2D eigenvalue weighted by Gasteiger charge is 2.27. The summed E-state index contributed by atoms with van der Waals surface area (Å²) in [7, 11) is 0. The third-order valence-electron chi connectivity index (χ3n) is 4.11. The molecular weight excluding hydrogens is 351 g/mol. The van der Waals surface area contributed by atoms with Crippen LogP contribution in [0.25, 0.3) is 10.9 Å². The number of carbonyl (C=O) groups is 2. The molecule has 0 spiro atoms. The number of hydrogen-bond donors (Lipinski definition) is 2. The average molecular weight is 367 g/mol. The molecule has 8 heteroatoms. The molecule has 0 bridgehead atoms. The molecule has 2 N–H and O–H groups in total. The molecule has 25 heavy (non-hydrogen) atoms. The molecule has 1 saturated carbocycles. The number of halogens is 2. The average Bonchev–Trinajstić information content (AvgIpc) is 3.38. The fraction of sp³-hybridized carbons (Fsp3) is 0.353. The Morgan fingerprint density at radius 1 is 1.36 bits per heavy atom. The third kappa shape index (κ3) is 3.66. The maximum Gasteiger partial charge on any atom is 0.303 e. The lowest BCUT2D eigenvalue weighted by Gasteiger charge is -2.13. The van der Waals surface area contributed by atoms with E-state index in [0.717, 1.165) is 18.9 Å². The van der Waals surface area contributed by atoms with Gasteiger partial charge in [-0.05, 0) is 31.4 Å². The Balaban J connectivity index is 1.97. The molecule has 1 heterocycles. The number of carboxylic acid groups (broad SMARTS) is 1. The van der Waals surface area contributed by atoms with Gasteiger partial charge in [-0.15, -0.1) is 0 Å². The molecule has 132 valence electrons. The van der Waals surface area contributed by atoms with Gasteiger partial charge in [0, 0.05) is 30.6 Å². The molecular formula is C17H16ClFN2O4. The van der Waals surface area contributed by atoms with Crippen molar-refractivity contribution in [1.29, 1.82) is 0 Å². The number of nitrogens with one attached hydrogen (secondary N) is 1. The first-order valence-corrected chi connectivity index (χ1v) is 8.30.